The monoisotopic (exact) mass is 474 g/mol. The molecule has 0 saturated heterocycles. The van der Waals surface area contributed by atoms with Crippen molar-refractivity contribution in [2.45, 2.75) is 32.5 Å². The van der Waals surface area contributed by atoms with Crippen LogP contribution in [0.25, 0.3) is 10.6 Å². The number of nitrogens with one attached hydrogen (secondary N) is 1. The van der Waals surface area contributed by atoms with Crippen LogP contribution in [-0.4, -0.2) is 27.1 Å². The van der Waals surface area contributed by atoms with Crippen molar-refractivity contribution in [3.05, 3.63) is 94.7 Å². The second-order valence-corrected chi connectivity index (χ2v) is 9.51. The first kappa shape index (κ1) is 22.0. The molecule has 1 N–H and O–H groups in total. The van der Waals surface area contributed by atoms with Gasteiger partial charge in [-0.25, -0.2) is 4.39 Å². The van der Waals surface area contributed by atoms with Gasteiger partial charge >= 0.3 is 0 Å². The molecule has 0 spiro atoms. The van der Waals surface area contributed by atoms with Gasteiger partial charge in [0.2, 0.25) is 5.91 Å². The Labute approximate surface area is 200 Å². The second-order valence-electron chi connectivity index (χ2n) is 8.56. The predicted octanol–water partition coefficient (Wildman–Crippen LogP) is 4.79. The minimum absolute atomic E-state index is 0.197. The molecule has 34 heavy (non-hydrogen) atoms. The Bertz CT molecular complexity index is 1360. The lowest BCUT2D eigenvalue weighted by molar-refractivity contribution is -0.126. The number of carbonyl (C=O) groups excluding carboxylic acids is 2. The van der Waals surface area contributed by atoms with Crippen LogP contribution >= 0.6 is 11.3 Å². The van der Waals surface area contributed by atoms with Gasteiger partial charge in [0.05, 0.1) is 11.4 Å². The van der Waals surface area contributed by atoms with Gasteiger partial charge in [0.1, 0.15) is 22.7 Å². The molecule has 0 unspecified atom stereocenters. The van der Waals surface area contributed by atoms with Gasteiger partial charge < -0.3 is 5.32 Å². The van der Waals surface area contributed by atoms with Gasteiger partial charge in [0.25, 0.3) is 5.91 Å². The van der Waals surface area contributed by atoms with Crippen LogP contribution in [0.3, 0.4) is 0 Å². The molecule has 0 saturated carbocycles. The molecule has 172 valence electrons. The molecule has 0 radical (unpaired) electrons. The Morgan fingerprint density at radius 3 is 2.62 bits per heavy atom. The third kappa shape index (κ3) is 3.80. The number of anilines is 1. The Kier molecular flexibility index (Phi) is 5.53. The molecule has 5 rings (SSSR count). The maximum Gasteiger partial charge on any atom is 0.277 e. The summed E-state index contributed by atoms with van der Waals surface area (Å²) in [5.41, 5.74) is 2.25. The Balaban J connectivity index is 1.54. The van der Waals surface area contributed by atoms with E-state index < -0.39 is 5.54 Å². The van der Waals surface area contributed by atoms with Crippen LogP contribution in [0.15, 0.2) is 72.1 Å². The maximum absolute atomic E-state index is 13.8. The highest BCUT2D eigenvalue weighted by molar-refractivity contribution is 7.13. The normalized spacial score (nSPS) is 17.5. The first-order valence-electron chi connectivity index (χ1n) is 10.9. The van der Waals surface area contributed by atoms with Crippen molar-refractivity contribution in [1.82, 2.24) is 15.1 Å². The lowest BCUT2D eigenvalue weighted by atomic mass is 9.93. The minimum Gasteiger partial charge on any atom is -0.350 e. The van der Waals surface area contributed by atoms with E-state index in [0.29, 0.717) is 17.1 Å². The number of fused-ring (bicyclic) bond motifs is 1. The summed E-state index contributed by atoms with van der Waals surface area (Å²) in [7, 11) is 0. The van der Waals surface area contributed by atoms with Gasteiger partial charge in [-0.05, 0) is 60.7 Å². The first-order chi connectivity index (χ1) is 16.4. The van der Waals surface area contributed by atoms with Gasteiger partial charge in [-0.2, -0.15) is 5.10 Å². The summed E-state index contributed by atoms with van der Waals surface area (Å²) in [5, 5.41) is 9.56. The van der Waals surface area contributed by atoms with Crippen LogP contribution < -0.4 is 10.2 Å². The van der Waals surface area contributed by atoms with Crippen molar-refractivity contribution in [1.29, 1.82) is 0 Å². The van der Waals surface area contributed by atoms with Crippen LogP contribution in [0.1, 0.15) is 28.5 Å². The molecular formula is C26H23FN4O2S. The van der Waals surface area contributed by atoms with Crippen LogP contribution in [0.5, 0.6) is 0 Å². The van der Waals surface area contributed by atoms with E-state index in [4.69, 9.17) is 0 Å². The zero-order chi connectivity index (χ0) is 23.9. The number of nitrogens with zero attached hydrogens (tertiary/aromatic N) is 3. The molecule has 2 aromatic carbocycles. The number of halogens is 1. The number of carbonyl (C=O) groups is 2. The van der Waals surface area contributed by atoms with E-state index in [1.165, 1.54) is 12.1 Å². The number of amides is 2. The molecule has 0 fully saturated rings. The zero-order valence-electron chi connectivity index (χ0n) is 18.8. The Morgan fingerprint density at radius 1 is 1.15 bits per heavy atom. The van der Waals surface area contributed by atoms with Crippen molar-refractivity contribution in [3.8, 4) is 10.6 Å². The third-order valence-corrected chi connectivity index (χ3v) is 7.03. The number of benzene rings is 2. The van der Waals surface area contributed by atoms with E-state index in [0.717, 1.165) is 16.0 Å². The second kappa shape index (κ2) is 8.53. The smallest absolute Gasteiger partial charge is 0.277 e. The minimum atomic E-state index is -1.23. The highest BCUT2D eigenvalue weighted by atomic mass is 32.1. The highest BCUT2D eigenvalue weighted by Gasteiger charge is 2.49. The molecule has 1 aliphatic heterocycles. The molecule has 1 aliphatic rings. The SMILES string of the molecule is Cc1ccccc1N1C(=O)c2cc(-c3cccs3)nn2C[C@@]1(C)C(=O)NCc1ccc(F)cc1. The van der Waals surface area contributed by atoms with Crippen LogP contribution in [0.4, 0.5) is 10.1 Å². The van der Waals surface area contributed by atoms with Crippen LogP contribution in [-0.2, 0) is 17.9 Å². The molecule has 4 aromatic rings. The number of thiophene rings is 1. The molecule has 6 nitrogen and oxygen atoms in total. The predicted molar refractivity (Wildman–Crippen MR) is 130 cm³/mol. The van der Waals surface area contributed by atoms with Gasteiger partial charge in [0, 0.05) is 12.2 Å². The molecule has 8 heteroatoms. The fourth-order valence-corrected chi connectivity index (χ4v) is 4.97. The molecule has 2 aromatic heterocycles. The van der Waals surface area contributed by atoms with Crippen molar-refractivity contribution >= 4 is 28.8 Å². The summed E-state index contributed by atoms with van der Waals surface area (Å²) in [5.74, 6) is -0.930. The summed E-state index contributed by atoms with van der Waals surface area (Å²) in [6.45, 7) is 4.09. The van der Waals surface area contributed by atoms with Gasteiger partial charge in [-0.15, -0.1) is 11.3 Å². The summed E-state index contributed by atoms with van der Waals surface area (Å²) >= 11 is 1.55. The van der Waals surface area contributed by atoms with Crippen molar-refractivity contribution in [2.75, 3.05) is 4.90 Å². The highest BCUT2D eigenvalue weighted by Crippen LogP contribution is 2.36. The standard InChI is InChI=1S/C26H23FN4O2S/c1-17-6-3-4-7-21(17)31-24(32)22-14-20(23-8-5-13-34-23)29-30(22)16-26(31,2)25(33)28-15-18-9-11-19(27)12-10-18/h3-14H,15-16H2,1-2H3,(H,28,33)/t26-/m0/s1. The number of rotatable bonds is 5. The molecule has 1 atom stereocenters. The largest absolute Gasteiger partial charge is 0.350 e. The molecular weight excluding hydrogens is 451 g/mol. The van der Waals surface area contributed by atoms with Crippen molar-refractivity contribution in [2.24, 2.45) is 0 Å². The maximum atomic E-state index is 13.8. The number of hydrogen-bond donors (Lipinski definition) is 1. The Morgan fingerprint density at radius 2 is 1.91 bits per heavy atom. The van der Waals surface area contributed by atoms with Crippen LogP contribution in [0, 0.1) is 12.7 Å². The molecule has 0 bridgehead atoms. The average molecular weight is 475 g/mol. The number of aryl methyl sites for hydroxylation is 1. The molecule has 0 aliphatic carbocycles. The summed E-state index contributed by atoms with van der Waals surface area (Å²) in [6, 6.07) is 19.2. The lowest BCUT2D eigenvalue weighted by Gasteiger charge is -2.43. The zero-order valence-corrected chi connectivity index (χ0v) is 19.6. The number of para-hydroxylation sites is 1. The van der Waals surface area contributed by atoms with E-state index in [1.54, 1.807) is 46.0 Å². The summed E-state index contributed by atoms with van der Waals surface area (Å²) < 4.78 is 14.9. The van der Waals surface area contributed by atoms with E-state index in [9.17, 15) is 14.0 Å². The first-order valence-corrected chi connectivity index (χ1v) is 11.8. The van der Waals surface area contributed by atoms with Crippen LogP contribution in [0.2, 0.25) is 0 Å². The van der Waals surface area contributed by atoms with E-state index in [2.05, 4.69) is 10.4 Å². The van der Waals surface area contributed by atoms with Gasteiger partial charge in [-0.1, -0.05) is 36.4 Å². The van der Waals surface area contributed by atoms with Crippen molar-refractivity contribution < 1.29 is 14.0 Å². The molecule has 3 heterocycles. The van der Waals surface area contributed by atoms with Gasteiger partial charge in [0.15, 0.2) is 0 Å². The molecule has 2 amide bonds. The van der Waals surface area contributed by atoms with E-state index >= 15 is 0 Å². The topological polar surface area (TPSA) is 67.2 Å². The fourth-order valence-electron chi connectivity index (χ4n) is 4.29. The number of aromatic nitrogens is 2. The van der Waals surface area contributed by atoms with E-state index in [-0.39, 0.29) is 30.7 Å². The van der Waals surface area contributed by atoms with E-state index in [1.807, 2.05) is 48.7 Å². The summed E-state index contributed by atoms with van der Waals surface area (Å²) in [6.07, 6.45) is 0. The Hall–Kier alpha value is -3.78. The number of hydrogen-bond acceptors (Lipinski definition) is 4. The average Bonchev–Trinajstić information content (AvgIpc) is 3.50. The fraction of sp³-hybridized carbons (Fsp3) is 0.192. The third-order valence-electron chi connectivity index (χ3n) is 6.14. The lowest BCUT2D eigenvalue weighted by Crippen LogP contribution is -2.64. The quantitative estimate of drug-likeness (QED) is 0.452. The summed E-state index contributed by atoms with van der Waals surface area (Å²) in [4.78, 5) is 30.0. The van der Waals surface area contributed by atoms with Crippen molar-refractivity contribution in [3.63, 3.8) is 0 Å². The van der Waals surface area contributed by atoms with Gasteiger partial charge in [-0.3, -0.25) is 19.2 Å².